The molecule has 0 saturated heterocycles. The molecule has 0 saturated carbocycles. The molecule has 0 unspecified atom stereocenters. The standard InChI is InChI=1S/C25H19FN4O2/c1-14-27-21-9-5-3-7-17(21)24-23(18-8-4-6-10-22(18)30(14)24)29-25(32)19-13-16(28-15(2)31)11-12-20(19)26/h3-13H,1-2H3,(H,28,31)(H,29,32). The lowest BCUT2D eigenvalue weighted by atomic mass is 10.1. The van der Waals surface area contributed by atoms with Crippen molar-refractivity contribution in [2.45, 2.75) is 13.8 Å². The summed E-state index contributed by atoms with van der Waals surface area (Å²) in [5.41, 5.74) is 3.25. The van der Waals surface area contributed by atoms with E-state index in [0.29, 0.717) is 11.4 Å². The van der Waals surface area contributed by atoms with Gasteiger partial charge in [0, 0.05) is 23.4 Å². The lowest BCUT2D eigenvalue weighted by molar-refractivity contribution is -0.114. The molecule has 0 aliphatic heterocycles. The summed E-state index contributed by atoms with van der Waals surface area (Å²) in [5, 5.41) is 7.20. The molecule has 0 aliphatic rings. The van der Waals surface area contributed by atoms with E-state index in [0.717, 1.165) is 33.1 Å². The quantitative estimate of drug-likeness (QED) is 0.411. The van der Waals surface area contributed by atoms with E-state index in [4.69, 9.17) is 4.98 Å². The number of rotatable bonds is 3. The molecule has 0 aliphatic carbocycles. The molecule has 2 N–H and O–H groups in total. The van der Waals surface area contributed by atoms with Gasteiger partial charge >= 0.3 is 0 Å². The van der Waals surface area contributed by atoms with Crippen molar-refractivity contribution < 1.29 is 14.0 Å². The molecule has 158 valence electrons. The number of amides is 2. The third-order valence-corrected chi connectivity index (χ3v) is 5.41. The average Bonchev–Trinajstić information content (AvgIpc) is 3.10. The predicted octanol–water partition coefficient (Wildman–Crippen LogP) is 5.30. The molecule has 32 heavy (non-hydrogen) atoms. The van der Waals surface area contributed by atoms with Gasteiger partial charge in [-0.1, -0.05) is 36.4 Å². The number of hydrogen-bond acceptors (Lipinski definition) is 3. The number of fused-ring (bicyclic) bond motifs is 5. The molecule has 2 heterocycles. The minimum absolute atomic E-state index is 0.158. The molecule has 5 aromatic rings. The maximum absolute atomic E-state index is 14.5. The summed E-state index contributed by atoms with van der Waals surface area (Å²) in [6.07, 6.45) is 0. The van der Waals surface area contributed by atoms with Crippen molar-refractivity contribution in [3.05, 3.63) is 83.9 Å². The van der Waals surface area contributed by atoms with Gasteiger partial charge in [0.2, 0.25) is 5.91 Å². The summed E-state index contributed by atoms with van der Waals surface area (Å²) in [7, 11) is 0. The van der Waals surface area contributed by atoms with Gasteiger partial charge in [-0.3, -0.25) is 14.0 Å². The van der Waals surface area contributed by atoms with E-state index < -0.39 is 11.7 Å². The smallest absolute Gasteiger partial charge is 0.258 e. The van der Waals surface area contributed by atoms with Crippen LogP contribution in [0.5, 0.6) is 0 Å². The Hall–Kier alpha value is -4.26. The van der Waals surface area contributed by atoms with E-state index in [1.807, 2.05) is 59.9 Å². The maximum Gasteiger partial charge on any atom is 0.258 e. The molecular formula is C25H19FN4O2. The fraction of sp³-hybridized carbons (Fsp3) is 0.0800. The Morgan fingerprint density at radius 2 is 1.66 bits per heavy atom. The molecular weight excluding hydrogens is 407 g/mol. The van der Waals surface area contributed by atoms with Crippen LogP contribution in [-0.2, 0) is 4.79 Å². The van der Waals surface area contributed by atoms with Gasteiger partial charge in [0.25, 0.3) is 5.91 Å². The molecule has 3 aromatic carbocycles. The Kier molecular flexibility index (Phi) is 4.59. The first kappa shape index (κ1) is 19.7. The Balaban J connectivity index is 1.73. The van der Waals surface area contributed by atoms with Gasteiger partial charge in [0.15, 0.2) is 0 Å². The zero-order chi connectivity index (χ0) is 22.4. The topological polar surface area (TPSA) is 75.5 Å². The Bertz CT molecular complexity index is 1550. The zero-order valence-corrected chi connectivity index (χ0v) is 17.4. The van der Waals surface area contributed by atoms with Gasteiger partial charge in [-0.15, -0.1) is 0 Å². The molecule has 6 nitrogen and oxygen atoms in total. The van der Waals surface area contributed by atoms with E-state index >= 15 is 0 Å². The van der Waals surface area contributed by atoms with Crippen molar-refractivity contribution in [3.63, 3.8) is 0 Å². The normalized spacial score (nSPS) is 11.2. The highest BCUT2D eigenvalue weighted by Gasteiger charge is 2.21. The van der Waals surface area contributed by atoms with Crippen LogP contribution >= 0.6 is 0 Å². The van der Waals surface area contributed by atoms with Gasteiger partial charge in [0.05, 0.1) is 27.8 Å². The molecule has 7 heteroatoms. The molecule has 0 radical (unpaired) electrons. The van der Waals surface area contributed by atoms with E-state index in [1.165, 1.54) is 25.1 Å². The van der Waals surface area contributed by atoms with Crippen LogP contribution in [0.3, 0.4) is 0 Å². The van der Waals surface area contributed by atoms with Crippen molar-refractivity contribution in [1.82, 2.24) is 9.38 Å². The molecule has 2 amide bonds. The number of para-hydroxylation sites is 2. The summed E-state index contributed by atoms with van der Waals surface area (Å²) in [6, 6.07) is 19.3. The number of nitrogens with zero attached hydrogens (tertiary/aromatic N) is 2. The fourth-order valence-corrected chi connectivity index (χ4v) is 4.11. The first-order valence-electron chi connectivity index (χ1n) is 10.1. The van der Waals surface area contributed by atoms with Crippen molar-refractivity contribution in [3.8, 4) is 0 Å². The number of benzene rings is 3. The minimum Gasteiger partial charge on any atom is -0.326 e. The number of carbonyl (C=O) groups excluding carboxylic acids is 2. The monoisotopic (exact) mass is 426 g/mol. The Labute approximate surface area is 182 Å². The highest BCUT2D eigenvalue weighted by Crippen LogP contribution is 2.36. The van der Waals surface area contributed by atoms with Crippen LogP contribution in [0.25, 0.3) is 27.3 Å². The average molecular weight is 426 g/mol. The highest BCUT2D eigenvalue weighted by molar-refractivity contribution is 6.19. The number of carbonyl (C=O) groups is 2. The lowest BCUT2D eigenvalue weighted by Gasteiger charge is -2.10. The molecule has 0 atom stereocenters. The molecule has 0 spiro atoms. The van der Waals surface area contributed by atoms with E-state index in [-0.39, 0.29) is 11.5 Å². The van der Waals surface area contributed by atoms with Gasteiger partial charge < -0.3 is 10.6 Å². The summed E-state index contributed by atoms with van der Waals surface area (Å²) < 4.78 is 16.5. The van der Waals surface area contributed by atoms with Gasteiger partial charge in [-0.2, -0.15) is 0 Å². The number of hydrogen-bond donors (Lipinski definition) is 2. The second-order valence-corrected chi connectivity index (χ2v) is 7.58. The second-order valence-electron chi connectivity index (χ2n) is 7.58. The second kappa shape index (κ2) is 7.46. The van der Waals surface area contributed by atoms with Crippen LogP contribution in [0.1, 0.15) is 23.1 Å². The number of aryl methyl sites for hydroxylation is 1. The highest BCUT2D eigenvalue weighted by atomic mass is 19.1. The lowest BCUT2D eigenvalue weighted by Crippen LogP contribution is -2.15. The van der Waals surface area contributed by atoms with Crippen molar-refractivity contribution in [1.29, 1.82) is 0 Å². The summed E-state index contributed by atoms with van der Waals surface area (Å²) in [6.45, 7) is 3.26. The number of nitrogens with one attached hydrogen (secondary N) is 2. The summed E-state index contributed by atoms with van der Waals surface area (Å²) in [5.74, 6) is -0.810. The largest absolute Gasteiger partial charge is 0.326 e. The van der Waals surface area contributed by atoms with Crippen LogP contribution in [-0.4, -0.2) is 21.2 Å². The number of halogens is 1. The van der Waals surface area contributed by atoms with Crippen molar-refractivity contribution in [2.75, 3.05) is 10.6 Å². The van der Waals surface area contributed by atoms with Crippen LogP contribution in [0.4, 0.5) is 15.8 Å². The minimum atomic E-state index is -0.674. The molecule has 5 rings (SSSR count). The molecule has 0 fully saturated rings. The molecule has 2 aromatic heterocycles. The van der Waals surface area contributed by atoms with Gasteiger partial charge in [0.1, 0.15) is 11.6 Å². The van der Waals surface area contributed by atoms with Crippen molar-refractivity contribution >= 4 is 50.5 Å². The number of anilines is 2. The first-order chi connectivity index (χ1) is 15.4. The predicted molar refractivity (Wildman–Crippen MR) is 124 cm³/mol. The van der Waals surface area contributed by atoms with Gasteiger partial charge in [-0.25, -0.2) is 9.37 Å². The van der Waals surface area contributed by atoms with Crippen LogP contribution < -0.4 is 10.6 Å². The van der Waals surface area contributed by atoms with E-state index in [2.05, 4.69) is 10.6 Å². The third kappa shape index (κ3) is 3.15. The summed E-state index contributed by atoms with van der Waals surface area (Å²) >= 11 is 0. The molecule has 0 bridgehead atoms. The zero-order valence-electron chi connectivity index (χ0n) is 17.4. The van der Waals surface area contributed by atoms with E-state index in [1.54, 1.807) is 0 Å². The maximum atomic E-state index is 14.5. The van der Waals surface area contributed by atoms with Gasteiger partial charge in [-0.05, 0) is 37.3 Å². The number of aromatic nitrogens is 2. The van der Waals surface area contributed by atoms with Crippen LogP contribution in [0, 0.1) is 12.7 Å². The summed E-state index contributed by atoms with van der Waals surface area (Å²) in [4.78, 5) is 29.3. The third-order valence-electron chi connectivity index (χ3n) is 5.41. The van der Waals surface area contributed by atoms with Crippen LogP contribution in [0.2, 0.25) is 0 Å². The van der Waals surface area contributed by atoms with Crippen molar-refractivity contribution in [2.24, 2.45) is 0 Å². The Morgan fingerprint density at radius 1 is 0.938 bits per heavy atom. The first-order valence-corrected chi connectivity index (χ1v) is 10.1. The fourth-order valence-electron chi connectivity index (χ4n) is 4.11. The van der Waals surface area contributed by atoms with Crippen LogP contribution in [0.15, 0.2) is 66.7 Å². The SMILES string of the molecule is CC(=O)Nc1ccc(F)c(C(=O)Nc2c3ccccc3n3c(C)nc4ccccc4c23)c1. The van der Waals surface area contributed by atoms with E-state index in [9.17, 15) is 14.0 Å². The Morgan fingerprint density at radius 3 is 2.44 bits per heavy atom.